The van der Waals surface area contributed by atoms with Gasteiger partial charge >= 0.3 is 0 Å². The maximum Gasteiger partial charge on any atom is 0.299 e. The molecule has 0 aromatic heterocycles. The maximum atomic E-state index is 11.5. The molecule has 1 aromatic carbocycles. The Labute approximate surface area is 82.3 Å². The first kappa shape index (κ1) is 8.94. The number of para-hydroxylation sites is 1. The fourth-order valence-corrected chi connectivity index (χ4v) is 1.83. The number of hydrogen-bond donors (Lipinski definition) is 0. The van der Waals surface area contributed by atoms with Crippen molar-refractivity contribution in [2.75, 3.05) is 11.9 Å². The molecule has 3 nitrogen and oxygen atoms in total. The smallest absolute Gasteiger partial charge is 0.299 e. The van der Waals surface area contributed by atoms with Crippen LogP contribution < -0.4 is 4.90 Å². The molecule has 1 aromatic rings. The van der Waals surface area contributed by atoms with E-state index in [0.29, 0.717) is 5.56 Å². The molecule has 0 atom stereocenters. The number of Topliss-reactive ketones (excluding diaryl/α,β-unsaturated/α-hetero) is 1. The lowest BCUT2D eigenvalue weighted by Gasteiger charge is -2.12. The number of ketones is 1. The number of benzene rings is 1. The van der Waals surface area contributed by atoms with E-state index < -0.39 is 11.7 Å². The zero-order valence-electron chi connectivity index (χ0n) is 8.20. The van der Waals surface area contributed by atoms with Crippen molar-refractivity contribution < 1.29 is 9.59 Å². The van der Waals surface area contributed by atoms with Gasteiger partial charge in [0.1, 0.15) is 0 Å². The Bertz CT molecular complexity index is 423. The van der Waals surface area contributed by atoms with Gasteiger partial charge in [-0.15, -0.1) is 0 Å². The monoisotopic (exact) mass is 189 g/mol. The second-order valence-electron chi connectivity index (χ2n) is 3.36. The van der Waals surface area contributed by atoms with Crippen LogP contribution in [0.25, 0.3) is 0 Å². The summed E-state index contributed by atoms with van der Waals surface area (Å²) in [7, 11) is 1.64. The number of hydrogen-bond acceptors (Lipinski definition) is 2. The highest BCUT2D eigenvalue weighted by Gasteiger charge is 2.34. The van der Waals surface area contributed by atoms with E-state index in [9.17, 15) is 9.59 Å². The number of aryl methyl sites for hydroxylation is 1. The fourth-order valence-electron chi connectivity index (χ4n) is 1.83. The SMILES string of the molecule is CCc1cccc2c1N(C)C(=O)C2=O. The summed E-state index contributed by atoms with van der Waals surface area (Å²) < 4.78 is 0. The number of carbonyl (C=O) groups is 2. The van der Waals surface area contributed by atoms with Gasteiger partial charge in [0.15, 0.2) is 0 Å². The standard InChI is InChI=1S/C11H11NO2/c1-3-7-5-4-6-8-9(7)12(2)11(14)10(8)13/h4-6H,3H2,1-2H3. The molecule has 1 amide bonds. The number of nitrogens with zero attached hydrogens (tertiary/aromatic N) is 1. The molecule has 72 valence electrons. The van der Waals surface area contributed by atoms with Crippen molar-refractivity contribution >= 4 is 17.4 Å². The summed E-state index contributed by atoms with van der Waals surface area (Å²) in [5.74, 6) is -0.821. The molecule has 3 heteroatoms. The summed E-state index contributed by atoms with van der Waals surface area (Å²) in [6.45, 7) is 2.01. The molecule has 0 saturated carbocycles. The summed E-state index contributed by atoms with van der Waals surface area (Å²) in [6, 6.07) is 5.47. The van der Waals surface area contributed by atoms with Crippen LogP contribution in [0.1, 0.15) is 22.8 Å². The van der Waals surface area contributed by atoms with Gasteiger partial charge in [-0.25, -0.2) is 0 Å². The minimum absolute atomic E-state index is 0.391. The van der Waals surface area contributed by atoms with Crippen LogP contribution in [0.5, 0.6) is 0 Å². The molecule has 1 aliphatic rings. The third kappa shape index (κ3) is 0.985. The lowest BCUT2D eigenvalue weighted by Crippen LogP contribution is -2.25. The Morgan fingerprint density at radius 3 is 2.64 bits per heavy atom. The van der Waals surface area contributed by atoms with Crippen LogP contribution >= 0.6 is 0 Å². The van der Waals surface area contributed by atoms with Gasteiger partial charge in [-0.1, -0.05) is 19.1 Å². The van der Waals surface area contributed by atoms with Crippen LogP contribution in [0.15, 0.2) is 18.2 Å². The predicted octanol–water partition coefficient (Wildman–Crippen LogP) is 1.41. The van der Waals surface area contributed by atoms with Crippen LogP contribution in [-0.4, -0.2) is 18.7 Å². The molecule has 0 saturated heterocycles. The zero-order chi connectivity index (χ0) is 10.3. The molecule has 0 aliphatic carbocycles. The first-order chi connectivity index (χ1) is 6.66. The van der Waals surface area contributed by atoms with Crippen molar-refractivity contribution in [3.05, 3.63) is 29.3 Å². The van der Waals surface area contributed by atoms with Crippen molar-refractivity contribution in [3.63, 3.8) is 0 Å². The van der Waals surface area contributed by atoms with Gasteiger partial charge in [-0.05, 0) is 18.1 Å². The molecule has 1 heterocycles. The van der Waals surface area contributed by atoms with E-state index in [1.807, 2.05) is 19.1 Å². The highest BCUT2D eigenvalue weighted by Crippen LogP contribution is 2.31. The highest BCUT2D eigenvalue weighted by molar-refractivity contribution is 6.52. The second-order valence-corrected chi connectivity index (χ2v) is 3.36. The summed E-state index contributed by atoms with van der Waals surface area (Å²) in [4.78, 5) is 24.3. The fraction of sp³-hybridized carbons (Fsp3) is 0.273. The molecule has 0 bridgehead atoms. The first-order valence-electron chi connectivity index (χ1n) is 4.61. The average Bonchev–Trinajstić information content (AvgIpc) is 2.44. The molecule has 0 unspecified atom stereocenters. The van der Waals surface area contributed by atoms with E-state index >= 15 is 0 Å². The van der Waals surface area contributed by atoms with E-state index in [1.165, 1.54) is 4.90 Å². The Balaban J connectivity index is 2.68. The Morgan fingerprint density at radius 1 is 1.29 bits per heavy atom. The van der Waals surface area contributed by atoms with Crippen molar-refractivity contribution in [3.8, 4) is 0 Å². The van der Waals surface area contributed by atoms with Crippen LogP contribution in [-0.2, 0) is 11.2 Å². The summed E-state index contributed by atoms with van der Waals surface area (Å²) in [5.41, 5.74) is 2.37. The van der Waals surface area contributed by atoms with Crippen molar-refractivity contribution in [2.24, 2.45) is 0 Å². The summed E-state index contributed by atoms with van der Waals surface area (Å²) >= 11 is 0. The lowest BCUT2D eigenvalue weighted by molar-refractivity contribution is -0.114. The van der Waals surface area contributed by atoms with Crippen LogP contribution in [0.3, 0.4) is 0 Å². The third-order valence-corrected chi connectivity index (χ3v) is 2.58. The lowest BCUT2D eigenvalue weighted by atomic mass is 10.1. The van der Waals surface area contributed by atoms with E-state index in [4.69, 9.17) is 0 Å². The zero-order valence-corrected chi connectivity index (χ0v) is 8.20. The van der Waals surface area contributed by atoms with E-state index in [-0.39, 0.29) is 0 Å². The van der Waals surface area contributed by atoms with Gasteiger partial charge in [0.05, 0.1) is 11.3 Å². The number of rotatable bonds is 1. The van der Waals surface area contributed by atoms with Gasteiger partial charge in [-0.2, -0.15) is 0 Å². The van der Waals surface area contributed by atoms with Crippen molar-refractivity contribution in [2.45, 2.75) is 13.3 Å². The normalized spacial score (nSPS) is 14.9. The van der Waals surface area contributed by atoms with Gasteiger partial charge in [0.25, 0.3) is 11.7 Å². The molecular weight excluding hydrogens is 178 g/mol. The largest absolute Gasteiger partial charge is 0.308 e. The molecular formula is C11H11NO2. The predicted molar refractivity (Wildman–Crippen MR) is 53.6 cm³/mol. The van der Waals surface area contributed by atoms with Gasteiger partial charge in [0, 0.05) is 7.05 Å². The molecule has 0 spiro atoms. The number of fused-ring (bicyclic) bond motifs is 1. The van der Waals surface area contributed by atoms with Crippen LogP contribution in [0.2, 0.25) is 0 Å². The minimum Gasteiger partial charge on any atom is -0.308 e. The summed E-state index contributed by atoms with van der Waals surface area (Å²) in [6.07, 6.45) is 0.827. The van der Waals surface area contributed by atoms with Crippen molar-refractivity contribution in [1.29, 1.82) is 0 Å². The van der Waals surface area contributed by atoms with Gasteiger partial charge < -0.3 is 4.90 Å². The second kappa shape index (κ2) is 2.94. The topological polar surface area (TPSA) is 37.4 Å². The van der Waals surface area contributed by atoms with Crippen molar-refractivity contribution in [1.82, 2.24) is 0 Å². The minimum atomic E-state index is -0.430. The third-order valence-electron chi connectivity index (χ3n) is 2.58. The Hall–Kier alpha value is -1.64. The van der Waals surface area contributed by atoms with E-state index in [0.717, 1.165) is 17.7 Å². The number of carbonyl (C=O) groups excluding carboxylic acids is 2. The first-order valence-corrected chi connectivity index (χ1v) is 4.61. The van der Waals surface area contributed by atoms with Gasteiger partial charge in [0.2, 0.25) is 0 Å². The molecule has 0 radical (unpaired) electrons. The molecule has 14 heavy (non-hydrogen) atoms. The highest BCUT2D eigenvalue weighted by atomic mass is 16.2. The molecule has 2 rings (SSSR count). The van der Waals surface area contributed by atoms with Crippen LogP contribution in [0.4, 0.5) is 5.69 Å². The number of likely N-dealkylation sites (N-methyl/N-ethyl adjacent to an activating group) is 1. The van der Waals surface area contributed by atoms with Gasteiger partial charge in [-0.3, -0.25) is 9.59 Å². The number of amides is 1. The van der Waals surface area contributed by atoms with E-state index in [2.05, 4.69) is 0 Å². The maximum absolute atomic E-state index is 11.5. The quantitative estimate of drug-likeness (QED) is 0.626. The molecule has 0 fully saturated rings. The van der Waals surface area contributed by atoms with E-state index in [1.54, 1.807) is 13.1 Å². The number of anilines is 1. The molecule has 1 aliphatic heterocycles. The Kier molecular flexibility index (Phi) is 1.88. The Morgan fingerprint density at radius 2 is 2.00 bits per heavy atom. The summed E-state index contributed by atoms with van der Waals surface area (Å²) in [5, 5.41) is 0. The average molecular weight is 189 g/mol. The van der Waals surface area contributed by atoms with Crippen LogP contribution in [0, 0.1) is 0 Å². The molecule has 0 N–H and O–H groups in total.